The molecule has 0 bridgehead atoms. The molecule has 2 heterocycles. The standard InChI is InChI=1S/C13H19N5/c1-10(2)17-4-6-18(7-5-17)13-8-12(9-14)15-11(3)16-13/h8,10H,4-7H2,1-3H3. The lowest BCUT2D eigenvalue weighted by atomic mass is 10.2. The molecule has 1 aromatic heterocycles. The van der Waals surface area contributed by atoms with Gasteiger partial charge < -0.3 is 4.90 Å². The second kappa shape index (κ2) is 5.32. The van der Waals surface area contributed by atoms with Gasteiger partial charge in [0.05, 0.1) is 0 Å². The molecular weight excluding hydrogens is 226 g/mol. The first-order valence-corrected chi connectivity index (χ1v) is 6.35. The number of nitrogens with zero attached hydrogens (tertiary/aromatic N) is 5. The molecule has 1 aliphatic heterocycles. The minimum Gasteiger partial charge on any atom is -0.354 e. The molecule has 0 aliphatic carbocycles. The van der Waals surface area contributed by atoms with E-state index in [4.69, 9.17) is 5.26 Å². The number of hydrogen-bond donors (Lipinski definition) is 0. The molecular formula is C13H19N5. The van der Waals surface area contributed by atoms with Crippen molar-refractivity contribution in [2.24, 2.45) is 0 Å². The lowest BCUT2D eigenvalue weighted by Crippen LogP contribution is -2.49. The monoisotopic (exact) mass is 245 g/mol. The van der Waals surface area contributed by atoms with Gasteiger partial charge in [0, 0.05) is 38.3 Å². The van der Waals surface area contributed by atoms with Gasteiger partial charge in [-0.25, -0.2) is 9.97 Å². The van der Waals surface area contributed by atoms with E-state index >= 15 is 0 Å². The van der Waals surface area contributed by atoms with Crippen LogP contribution in [0.1, 0.15) is 25.4 Å². The van der Waals surface area contributed by atoms with Gasteiger partial charge in [0.2, 0.25) is 0 Å². The summed E-state index contributed by atoms with van der Waals surface area (Å²) in [6.07, 6.45) is 0. The van der Waals surface area contributed by atoms with E-state index in [1.807, 2.05) is 6.92 Å². The molecule has 0 saturated carbocycles. The van der Waals surface area contributed by atoms with Crippen LogP contribution in [0.4, 0.5) is 5.82 Å². The van der Waals surface area contributed by atoms with E-state index in [2.05, 4.69) is 39.7 Å². The number of rotatable bonds is 2. The summed E-state index contributed by atoms with van der Waals surface area (Å²) in [5, 5.41) is 8.93. The number of hydrogen-bond acceptors (Lipinski definition) is 5. The summed E-state index contributed by atoms with van der Waals surface area (Å²) in [7, 11) is 0. The van der Waals surface area contributed by atoms with E-state index in [-0.39, 0.29) is 0 Å². The van der Waals surface area contributed by atoms with E-state index in [0.717, 1.165) is 32.0 Å². The molecule has 1 aliphatic rings. The summed E-state index contributed by atoms with van der Waals surface area (Å²) in [6, 6.07) is 4.45. The van der Waals surface area contributed by atoms with Gasteiger partial charge in [-0.05, 0) is 20.8 Å². The van der Waals surface area contributed by atoms with Gasteiger partial charge in [-0.3, -0.25) is 4.90 Å². The summed E-state index contributed by atoms with van der Waals surface area (Å²) in [4.78, 5) is 13.2. The van der Waals surface area contributed by atoms with Crippen molar-refractivity contribution in [2.45, 2.75) is 26.8 Å². The predicted octanol–water partition coefficient (Wildman–Crippen LogP) is 1.19. The topological polar surface area (TPSA) is 56.1 Å². The van der Waals surface area contributed by atoms with Gasteiger partial charge >= 0.3 is 0 Å². The van der Waals surface area contributed by atoms with Gasteiger partial charge in [0.25, 0.3) is 0 Å². The van der Waals surface area contributed by atoms with E-state index in [0.29, 0.717) is 17.6 Å². The molecule has 0 N–H and O–H groups in total. The van der Waals surface area contributed by atoms with Crippen LogP contribution in [0.2, 0.25) is 0 Å². The average molecular weight is 245 g/mol. The van der Waals surface area contributed by atoms with Crippen LogP contribution in [0.25, 0.3) is 0 Å². The third-order valence-electron chi connectivity index (χ3n) is 3.31. The van der Waals surface area contributed by atoms with Gasteiger partial charge in [0.1, 0.15) is 23.4 Å². The van der Waals surface area contributed by atoms with E-state index < -0.39 is 0 Å². The molecule has 1 fully saturated rings. The molecule has 0 radical (unpaired) electrons. The number of anilines is 1. The first-order chi connectivity index (χ1) is 8.60. The highest BCUT2D eigenvalue weighted by Crippen LogP contribution is 2.15. The van der Waals surface area contributed by atoms with Gasteiger partial charge in [-0.1, -0.05) is 0 Å². The highest BCUT2D eigenvalue weighted by molar-refractivity contribution is 5.43. The maximum atomic E-state index is 8.93. The van der Waals surface area contributed by atoms with Crippen molar-refractivity contribution in [3.05, 3.63) is 17.6 Å². The molecule has 2 rings (SSSR count). The van der Waals surface area contributed by atoms with Crippen molar-refractivity contribution in [2.75, 3.05) is 31.1 Å². The molecule has 0 atom stereocenters. The molecule has 5 nitrogen and oxygen atoms in total. The fourth-order valence-electron chi connectivity index (χ4n) is 2.24. The Morgan fingerprint density at radius 2 is 1.89 bits per heavy atom. The summed E-state index contributed by atoms with van der Waals surface area (Å²) in [6.45, 7) is 10.3. The molecule has 1 aromatic rings. The maximum absolute atomic E-state index is 8.93. The highest BCUT2D eigenvalue weighted by Gasteiger charge is 2.20. The molecule has 1 saturated heterocycles. The molecule has 18 heavy (non-hydrogen) atoms. The van der Waals surface area contributed by atoms with Crippen molar-refractivity contribution < 1.29 is 0 Å². The van der Waals surface area contributed by atoms with Gasteiger partial charge in [0.15, 0.2) is 0 Å². The Morgan fingerprint density at radius 1 is 1.22 bits per heavy atom. The fraction of sp³-hybridized carbons (Fsp3) is 0.615. The van der Waals surface area contributed by atoms with Crippen molar-refractivity contribution in [3.63, 3.8) is 0 Å². The van der Waals surface area contributed by atoms with Crippen molar-refractivity contribution in [3.8, 4) is 6.07 Å². The lowest BCUT2D eigenvalue weighted by Gasteiger charge is -2.37. The summed E-state index contributed by atoms with van der Waals surface area (Å²) in [5.74, 6) is 1.54. The Kier molecular flexibility index (Phi) is 3.78. The summed E-state index contributed by atoms with van der Waals surface area (Å²) < 4.78 is 0. The zero-order valence-electron chi connectivity index (χ0n) is 11.2. The Hall–Kier alpha value is -1.67. The van der Waals surface area contributed by atoms with Crippen LogP contribution in [0.3, 0.4) is 0 Å². The summed E-state index contributed by atoms with van der Waals surface area (Å²) in [5.41, 5.74) is 0.448. The first kappa shape index (κ1) is 12.8. The van der Waals surface area contributed by atoms with Crippen molar-refractivity contribution in [1.82, 2.24) is 14.9 Å². The molecule has 0 spiro atoms. The van der Waals surface area contributed by atoms with E-state index in [1.54, 1.807) is 6.07 Å². The average Bonchev–Trinajstić information content (AvgIpc) is 2.38. The number of piperazine rings is 1. The molecule has 0 unspecified atom stereocenters. The maximum Gasteiger partial charge on any atom is 0.146 e. The Balaban J connectivity index is 2.10. The van der Waals surface area contributed by atoms with E-state index in [1.165, 1.54) is 0 Å². The highest BCUT2D eigenvalue weighted by atomic mass is 15.3. The number of aromatic nitrogens is 2. The van der Waals surface area contributed by atoms with Gasteiger partial charge in [-0.2, -0.15) is 5.26 Å². The van der Waals surface area contributed by atoms with Crippen LogP contribution in [0.15, 0.2) is 6.07 Å². The molecule has 0 amide bonds. The zero-order chi connectivity index (χ0) is 13.1. The Morgan fingerprint density at radius 3 is 2.44 bits per heavy atom. The predicted molar refractivity (Wildman–Crippen MR) is 70.4 cm³/mol. The molecule has 0 aromatic carbocycles. The third kappa shape index (κ3) is 2.77. The second-order valence-corrected chi connectivity index (χ2v) is 4.89. The normalized spacial score (nSPS) is 16.9. The SMILES string of the molecule is Cc1nc(C#N)cc(N2CCN(C(C)C)CC2)n1. The summed E-state index contributed by atoms with van der Waals surface area (Å²) >= 11 is 0. The smallest absolute Gasteiger partial charge is 0.146 e. The number of aryl methyl sites for hydroxylation is 1. The zero-order valence-corrected chi connectivity index (χ0v) is 11.2. The fourth-order valence-corrected chi connectivity index (χ4v) is 2.24. The van der Waals surface area contributed by atoms with E-state index in [9.17, 15) is 0 Å². The van der Waals surface area contributed by atoms with Crippen LogP contribution < -0.4 is 4.90 Å². The van der Waals surface area contributed by atoms with Crippen LogP contribution in [-0.4, -0.2) is 47.1 Å². The minimum absolute atomic E-state index is 0.448. The lowest BCUT2D eigenvalue weighted by molar-refractivity contribution is 0.209. The van der Waals surface area contributed by atoms with Crippen molar-refractivity contribution in [1.29, 1.82) is 5.26 Å². The van der Waals surface area contributed by atoms with Crippen LogP contribution in [-0.2, 0) is 0 Å². The van der Waals surface area contributed by atoms with Crippen LogP contribution in [0.5, 0.6) is 0 Å². The number of nitriles is 1. The van der Waals surface area contributed by atoms with Crippen LogP contribution in [0, 0.1) is 18.3 Å². The third-order valence-corrected chi connectivity index (χ3v) is 3.31. The Bertz CT molecular complexity index is 455. The first-order valence-electron chi connectivity index (χ1n) is 6.35. The molecule has 5 heteroatoms. The van der Waals surface area contributed by atoms with Crippen molar-refractivity contribution >= 4 is 5.82 Å². The molecule has 96 valence electrons. The largest absolute Gasteiger partial charge is 0.354 e. The minimum atomic E-state index is 0.448. The van der Waals surface area contributed by atoms with Gasteiger partial charge in [-0.15, -0.1) is 0 Å². The van der Waals surface area contributed by atoms with Crippen LogP contribution >= 0.6 is 0 Å². The Labute approximate surface area is 108 Å². The second-order valence-electron chi connectivity index (χ2n) is 4.89. The quantitative estimate of drug-likeness (QED) is 0.783.